The highest BCUT2D eigenvalue weighted by molar-refractivity contribution is 6.30. The van der Waals surface area contributed by atoms with E-state index in [2.05, 4.69) is 56.4 Å². The highest BCUT2D eigenvalue weighted by atomic mass is 35.5. The van der Waals surface area contributed by atoms with E-state index in [1.54, 1.807) is 6.33 Å². The Bertz CT molecular complexity index is 1100. The molecule has 2 bridgehead atoms. The Morgan fingerprint density at radius 1 is 1.18 bits per heavy atom. The molecule has 1 amide bonds. The average molecular weight is 479 g/mol. The average Bonchev–Trinajstić information content (AvgIpc) is 3.58. The number of hydrogen-bond acceptors (Lipinski definition) is 6. The SMILES string of the molecule is CC(C)NC[C@@H](C(=O)N1C2CCC1CN(c1ncnc3c1C=CC1NC31)C2)c1ccc(Cl)cc1. The lowest BCUT2D eigenvalue weighted by atomic mass is 9.95. The Morgan fingerprint density at radius 3 is 2.62 bits per heavy atom. The smallest absolute Gasteiger partial charge is 0.232 e. The fourth-order valence-electron chi connectivity index (χ4n) is 5.84. The van der Waals surface area contributed by atoms with Crippen LogP contribution >= 0.6 is 11.6 Å². The van der Waals surface area contributed by atoms with Crippen LogP contribution < -0.4 is 15.5 Å². The highest BCUT2D eigenvalue weighted by Gasteiger charge is 2.46. The molecule has 0 radical (unpaired) electrons. The topological polar surface area (TPSA) is 83.3 Å². The maximum Gasteiger partial charge on any atom is 0.232 e. The molecule has 1 aromatic carbocycles. The van der Waals surface area contributed by atoms with Gasteiger partial charge in [-0.2, -0.15) is 0 Å². The molecule has 6 rings (SSSR count). The monoisotopic (exact) mass is 478 g/mol. The summed E-state index contributed by atoms with van der Waals surface area (Å²) in [5.74, 6) is 1.01. The standard InChI is InChI=1S/C26H31ClN6O/c1-15(2)28-11-21(16-3-5-17(27)6-4-16)26(34)33-18-7-8-19(33)13-32(12-18)25-20-9-10-22-24(31-22)23(20)29-14-30-25/h3-6,9-10,14-15,18-19,21-22,24,28,31H,7-8,11-13H2,1-2H3/t18?,19?,21-,22?,24?/m1/s1. The first-order chi connectivity index (χ1) is 16.5. The van der Waals surface area contributed by atoms with Crippen LogP contribution in [-0.4, -0.2) is 64.6 Å². The second-order valence-corrected chi connectivity index (χ2v) is 10.7. The van der Waals surface area contributed by atoms with E-state index in [9.17, 15) is 4.79 Å². The molecule has 2 N–H and O–H groups in total. The molecule has 1 aromatic heterocycles. The molecule has 178 valence electrons. The third-order valence-electron chi connectivity index (χ3n) is 7.62. The number of carbonyl (C=O) groups is 1. The van der Waals surface area contributed by atoms with E-state index in [1.807, 2.05) is 24.3 Å². The quantitative estimate of drug-likeness (QED) is 0.621. The Hall–Kier alpha value is -2.48. The van der Waals surface area contributed by atoms with Gasteiger partial charge in [0.05, 0.1) is 17.7 Å². The number of aromatic nitrogens is 2. The summed E-state index contributed by atoms with van der Waals surface area (Å²) in [5, 5.41) is 7.63. The van der Waals surface area contributed by atoms with Crippen molar-refractivity contribution < 1.29 is 4.79 Å². The van der Waals surface area contributed by atoms with E-state index < -0.39 is 0 Å². The van der Waals surface area contributed by atoms with Crippen LogP contribution in [0.5, 0.6) is 0 Å². The number of hydrogen-bond donors (Lipinski definition) is 2. The second-order valence-electron chi connectivity index (χ2n) is 10.2. The molecule has 7 nitrogen and oxygen atoms in total. The van der Waals surface area contributed by atoms with Gasteiger partial charge in [-0.25, -0.2) is 9.97 Å². The van der Waals surface area contributed by atoms with E-state index in [4.69, 9.17) is 11.6 Å². The number of halogens is 1. The van der Waals surface area contributed by atoms with Crippen LogP contribution in [0.4, 0.5) is 5.82 Å². The van der Waals surface area contributed by atoms with Gasteiger partial charge in [-0.05, 0) is 30.5 Å². The molecule has 0 saturated carbocycles. The van der Waals surface area contributed by atoms with Crippen LogP contribution in [0.3, 0.4) is 0 Å². The molecule has 4 aliphatic rings. The maximum absolute atomic E-state index is 14.0. The van der Waals surface area contributed by atoms with Gasteiger partial charge in [0.2, 0.25) is 5.91 Å². The Labute approximate surface area is 205 Å². The lowest BCUT2D eigenvalue weighted by Gasteiger charge is -2.43. The van der Waals surface area contributed by atoms with E-state index in [0.29, 0.717) is 29.7 Å². The number of fused-ring (bicyclic) bond motifs is 5. The molecule has 3 saturated heterocycles. The number of rotatable bonds is 6. The van der Waals surface area contributed by atoms with Crippen LogP contribution in [0.25, 0.3) is 6.08 Å². The fourth-order valence-corrected chi connectivity index (χ4v) is 5.96. The molecule has 2 aromatic rings. The summed E-state index contributed by atoms with van der Waals surface area (Å²) >= 11 is 6.13. The zero-order chi connectivity index (χ0) is 23.4. The molecular formula is C26H31ClN6O. The zero-order valence-electron chi connectivity index (χ0n) is 19.6. The number of piperazine rings is 1. The first kappa shape index (κ1) is 22.0. The zero-order valence-corrected chi connectivity index (χ0v) is 20.4. The van der Waals surface area contributed by atoms with Gasteiger partial charge in [-0.3, -0.25) is 10.1 Å². The fraction of sp³-hybridized carbons (Fsp3) is 0.500. The van der Waals surface area contributed by atoms with Crippen LogP contribution in [0.15, 0.2) is 36.7 Å². The number of anilines is 1. The van der Waals surface area contributed by atoms with Crippen molar-refractivity contribution in [1.29, 1.82) is 0 Å². The summed E-state index contributed by atoms with van der Waals surface area (Å²) in [4.78, 5) is 27.8. The Kier molecular flexibility index (Phi) is 5.59. The number of nitrogens with zero attached hydrogens (tertiary/aromatic N) is 4. The van der Waals surface area contributed by atoms with Gasteiger partial charge in [0.25, 0.3) is 0 Å². The van der Waals surface area contributed by atoms with Crippen LogP contribution in [0, 0.1) is 0 Å². The van der Waals surface area contributed by atoms with E-state index in [0.717, 1.165) is 48.6 Å². The van der Waals surface area contributed by atoms with E-state index in [1.165, 1.54) is 0 Å². The summed E-state index contributed by atoms with van der Waals surface area (Å²) in [7, 11) is 0. The largest absolute Gasteiger partial charge is 0.352 e. The molecule has 4 heterocycles. The van der Waals surface area contributed by atoms with E-state index in [-0.39, 0.29) is 23.9 Å². The van der Waals surface area contributed by atoms with Crippen molar-refractivity contribution in [3.63, 3.8) is 0 Å². The molecule has 8 heteroatoms. The van der Waals surface area contributed by atoms with Crippen LogP contribution in [-0.2, 0) is 4.79 Å². The molecule has 1 aliphatic carbocycles. The maximum atomic E-state index is 14.0. The van der Waals surface area contributed by atoms with Gasteiger partial charge < -0.3 is 15.1 Å². The van der Waals surface area contributed by atoms with Crippen LogP contribution in [0.2, 0.25) is 5.02 Å². The minimum atomic E-state index is -0.220. The van der Waals surface area contributed by atoms with Crippen molar-refractivity contribution in [1.82, 2.24) is 25.5 Å². The molecule has 3 fully saturated rings. The van der Waals surface area contributed by atoms with Crippen molar-refractivity contribution >= 4 is 29.4 Å². The lowest BCUT2D eigenvalue weighted by molar-refractivity contribution is -0.136. The molecule has 3 aliphatic heterocycles. The van der Waals surface area contributed by atoms with Crippen molar-refractivity contribution in [2.45, 2.75) is 62.8 Å². The normalized spacial score (nSPS) is 27.5. The first-order valence-electron chi connectivity index (χ1n) is 12.3. The predicted octanol–water partition coefficient (Wildman–Crippen LogP) is 3.13. The Morgan fingerprint density at radius 2 is 1.91 bits per heavy atom. The van der Waals surface area contributed by atoms with Gasteiger partial charge in [0.1, 0.15) is 12.1 Å². The molecule has 5 atom stereocenters. The summed E-state index contributed by atoms with van der Waals surface area (Å²) in [5.41, 5.74) is 3.25. The molecule has 0 spiro atoms. The summed E-state index contributed by atoms with van der Waals surface area (Å²) < 4.78 is 0. The van der Waals surface area contributed by atoms with Gasteiger partial charge in [-0.1, -0.05) is 49.7 Å². The molecule has 34 heavy (non-hydrogen) atoms. The second kappa shape index (κ2) is 8.63. The number of amides is 1. The minimum absolute atomic E-state index is 0.199. The van der Waals surface area contributed by atoms with Crippen molar-refractivity contribution in [3.05, 3.63) is 58.5 Å². The predicted molar refractivity (Wildman–Crippen MR) is 134 cm³/mol. The third-order valence-corrected chi connectivity index (χ3v) is 7.87. The summed E-state index contributed by atoms with van der Waals surface area (Å²) in [6, 6.07) is 9.20. The summed E-state index contributed by atoms with van der Waals surface area (Å²) in [6.45, 7) is 6.47. The number of nitrogens with one attached hydrogen (secondary N) is 2. The lowest BCUT2D eigenvalue weighted by Crippen LogP contribution is -2.58. The van der Waals surface area contributed by atoms with Crippen molar-refractivity contribution in [2.75, 3.05) is 24.5 Å². The molecule has 4 unspecified atom stereocenters. The van der Waals surface area contributed by atoms with Gasteiger partial charge >= 0.3 is 0 Å². The third kappa shape index (κ3) is 3.89. The minimum Gasteiger partial charge on any atom is -0.352 e. The molecular weight excluding hydrogens is 448 g/mol. The van der Waals surface area contributed by atoms with Crippen LogP contribution in [0.1, 0.15) is 55.5 Å². The Balaban J connectivity index is 1.24. The van der Waals surface area contributed by atoms with Gasteiger partial charge in [-0.15, -0.1) is 0 Å². The highest BCUT2D eigenvalue weighted by Crippen LogP contribution is 2.41. The van der Waals surface area contributed by atoms with Crippen molar-refractivity contribution in [3.8, 4) is 0 Å². The number of carbonyl (C=O) groups excluding carboxylic acids is 1. The van der Waals surface area contributed by atoms with E-state index >= 15 is 0 Å². The van der Waals surface area contributed by atoms with Crippen molar-refractivity contribution in [2.24, 2.45) is 0 Å². The van der Waals surface area contributed by atoms with Gasteiger partial charge in [0, 0.05) is 54.4 Å². The first-order valence-corrected chi connectivity index (χ1v) is 12.7. The van der Waals surface area contributed by atoms with Gasteiger partial charge in [0.15, 0.2) is 0 Å². The summed E-state index contributed by atoms with van der Waals surface area (Å²) in [6.07, 6.45) is 8.14. The number of benzene rings is 1.